The van der Waals surface area contributed by atoms with Gasteiger partial charge in [0.15, 0.2) is 0 Å². The highest BCUT2D eigenvalue weighted by molar-refractivity contribution is 6.36. The summed E-state index contributed by atoms with van der Waals surface area (Å²) in [6, 6.07) is 2.74. The van der Waals surface area contributed by atoms with Gasteiger partial charge in [0.05, 0.1) is 28.1 Å². The number of allylic oxidation sites excluding steroid dienone is 2. The molecule has 130 valence electrons. The SMILES string of the molecule is O=C1[C@@H]2[C@@H]3C=C[C@H]([C@H]4C[C@@H]34)[C@@H]2C(=O)N1c1cc(C(F)(F)F)ccc1Cl. The van der Waals surface area contributed by atoms with Crippen molar-refractivity contribution in [2.24, 2.45) is 35.5 Å². The van der Waals surface area contributed by atoms with Crippen molar-refractivity contribution in [2.45, 2.75) is 12.6 Å². The molecule has 1 aromatic rings. The van der Waals surface area contributed by atoms with Crippen molar-refractivity contribution in [1.29, 1.82) is 0 Å². The summed E-state index contributed by atoms with van der Waals surface area (Å²) in [6.07, 6.45) is 0.491. The molecule has 2 amide bonds. The third-order valence-corrected chi connectivity index (χ3v) is 6.50. The largest absolute Gasteiger partial charge is 0.416 e. The van der Waals surface area contributed by atoms with Gasteiger partial charge >= 0.3 is 6.18 Å². The van der Waals surface area contributed by atoms with Crippen LogP contribution in [-0.4, -0.2) is 11.8 Å². The highest BCUT2D eigenvalue weighted by Crippen LogP contribution is 2.65. The van der Waals surface area contributed by atoms with Crippen LogP contribution in [0.15, 0.2) is 30.4 Å². The summed E-state index contributed by atoms with van der Waals surface area (Å²) in [5.74, 6) is -0.845. The number of benzene rings is 1. The Morgan fingerprint density at radius 1 is 1.00 bits per heavy atom. The fourth-order valence-corrected chi connectivity index (χ4v) is 5.26. The second kappa shape index (κ2) is 4.67. The number of amides is 2. The van der Waals surface area contributed by atoms with Crippen LogP contribution in [0.2, 0.25) is 5.02 Å². The molecule has 7 heteroatoms. The van der Waals surface area contributed by atoms with E-state index in [1.165, 1.54) is 0 Å². The minimum absolute atomic E-state index is 0.0195. The van der Waals surface area contributed by atoms with Crippen molar-refractivity contribution in [1.82, 2.24) is 0 Å². The van der Waals surface area contributed by atoms with Gasteiger partial charge in [-0.2, -0.15) is 13.2 Å². The van der Waals surface area contributed by atoms with Crippen molar-refractivity contribution in [2.75, 3.05) is 4.90 Å². The zero-order valence-corrected chi connectivity index (χ0v) is 13.6. The monoisotopic (exact) mass is 367 g/mol. The van der Waals surface area contributed by atoms with E-state index in [-0.39, 0.29) is 22.5 Å². The van der Waals surface area contributed by atoms with Gasteiger partial charge in [-0.3, -0.25) is 9.59 Å². The Morgan fingerprint density at radius 2 is 1.56 bits per heavy atom. The minimum atomic E-state index is -4.57. The molecule has 1 heterocycles. The van der Waals surface area contributed by atoms with Crippen LogP contribution in [-0.2, 0) is 15.8 Å². The molecule has 1 saturated heterocycles. The van der Waals surface area contributed by atoms with Crippen LogP contribution < -0.4 is 4.90 Å². The van der Waals surface area contributed by atoms with Crippen LogP contribution >= 0.6 is 11.6 Å². The lowest BCUT2D eigenvalue weighted by Gasteiger charge is -2.37. The Balaban J connectivity index is 1.59. The number of nitrogens with zero attached hydrogens (tertiary/aromatic N) is 1. The molecule has 1 aliphatic heterocycles. The van der Waals surface area contributed by atoms with E-state index >= 15 is 0 Å². The summed E-state index contributed by atoms with van der Waals surface area (Å²) < 4.78 is 39.1. The molecule has 25 heavy (non-hydrogen) atoms. The summed E-state index contributed by atoms with van der Waals surface area (Å²) in [6.45, 7) is 0. The minimum Gasteiger partial charge on any atom is -0.274 e. The van der Waals surface area contributed by atoms with Crippen LogP contribution in [0.3, 0.4) is 0 Å². The molecule has 3 nitrogen and oxygen atoms in total. The summed E-state index contributed by atoms with van der Waals surface area (Å²) >= 11 is 6.05. The Morgan fingerprint density at radius 3 is 2.08 bits per heavy atom. The first-order valence-corrected chi connectivity index (χ1v) is 8.59. The molecule has 0 unspecified atom stereocenters. The van der Waals surface area contributed by atoms with Crippen LogP contribution in [0.5, 0.6) is 0 Å². The van der Waals surface area contributed by atoms with Crippen molar-refractivity contribution in [3.05, 3.63) is 40.9 Å². The zero-order valence-electron chi connectivity index (χ0n) is 12.8. The van der Waals surface area contributed by atoms with E-state index < -0.39 is 35.4 Å². The third kappa shape index (κ3) is 1.94. The molecular formula is C18H13ClF3NO2. The van der Waals surface area contributed by atoms with E-state index in [1.807, 2.05) is 12.2 Å². The fourth-order valence-electron chi connectivity index (χ4n) is 5.05. The highest BCUT2D eigenvalue weighted by atomic mass is 35.5. The topological polar surface area (TPSA) is 37.4 Å². The molecule has 2 saturated carbocycles. The quantitative estimate of drug-likeness (QED) is 0.557. The second-order valence-electron chi connectivity index (χ2n) is 7.33. The molecule has 0 spiro atoms. The molecular weight excluding hydrogens is 355 g/mol. The van der Waals surface area contributed by atoms with Gasteiger partial charge in [0.2, 0.25) is 11.8 Å². The summed E-state index contributed by atoms with van der Waals surface area (Å²) in [5.41, 5.74) is -1.08. The number of rotatable bonds is 1. The van der Waals surface area contributed by atoms with E-state index in [1.54, 1.807) is 0 Å². The molecule has 6 rings (SSSR count). The maximum atomic E-state index is 13.0. The molecule has 0 aromatic heterocycles. The number of hydrogen-bond acceptors (Lipinski definition) is 2. The molecule has 2 bridgehead atoms. The van der Waals surface area contributed by atoms with Gasteiger partial charge in [0, 0.05) is 0 Å². The molecule has 4 aliphatic carbocycles. The zero-order chi connectivity index (χ0) is 17.7. The predicted octanol–water partition coefficient (Wildman–Crippen LogP) is 3.92. The number of imide groups is 1. The first-order chi connectivity index (χ1) is 11.8. The fraction of sp³-hybridized carbons (Fsp3) is 0.444. The van der Waals surface area contributed by atoms with Gasteiger partial charge in [-0.05, 0) is 48.3 Å². The lowest BCUT2D eigenvalue weighted by atomic mass is 9.63. The molecule has 0 radical (unpaired) electrons. The van der Waals surface area contributed by atoms with Gasteiger partial charge < -0.3 is 0 Å². The van der Waals surface area contributed by atoms with Crippen molar-refractivity contribution in [3.63, 3.8) is 0 Å². The van der Waals surface area contributed by atoms with Crippen LogP contribution in [0.25, 0.3) is 0 Å². The van der Waals surface area contributed by atoms with Gasteiger partial charge in [-0.25, -0.2) is 4.90 Å². The number of carbonyl (C=O) groups is 2. The smallest absolute Gasteiger partial charge is 0.274 e. The molecule has 1 aromatic carbocycles. The van der Waals surface area contributed by atoms with Crippen molar-refractivity contribution >= 4 is 29.1 Å². The number of anilines is 1. The Bertz CT molecular complexity index is 813. The maximum absolute atomic E-state index is 13.0. The van der Waals surface area contributed by atoms with E-state index in [0.29, 0.717) is 11.8 Å². The van der Waals surface area contributed by atoms with E-state index in [2.05, 4.69) is 0 Å². The predicted molar refractivity (Wildman–Crippen MR) is 83.6 cm³/mol. The lowest BCUT2D eigenvalue weighted by molar-refractivity contribution is -0.137. The first kappa shape index (κ1) is 15.4. The maximum Gasteiger partial charge on any atom is 0.416 e. The Kier molecular flexibility index (Phi) is 2.88. The molecule has 3 fully saturated rings. The van der Waals surface area contributed by atoms with Gasteiger partial charge in [-0.1, -0.05) is 23.8 Å². The highest BCUT2D eigenvalue weighted by Gasteiger charge is 2.67. The normalized spacial score (nSPS) is 38.2. The average Bonchev–Trinajstić information content (AvgIpc) is 3.32. The Hall–Kier alpha value is -1.82. The molecule has 0 N–H and O–H groups in total. The number of hydrogen-bond donors (Lipinski definition) is 0. The lowest BCUT2D eigenvalue weighted by Crippen LogP contribution is -2.40. The number of halogens is 4. The summed E-state index contributed by atoms with van der Waals surface area (Å²) in [5, 5.41) is -0.0289. The molecule has 6 atom stereocenters. The van der Waals surface area contributed by atoms with E-state index in [0.717, 1.165) is 29.5 Å². The first-order valence-electron chi connectivity index (χ1n) is 8.22. The van der Waals surface area contributed by atoms with Gasteiger partial charge in [0.25, 0.3) is 0 Å². The van der Waals surface area contributed by atoms with Gasteiger partial charge in [0.1, 0.15) is 0 Å². The average molecular weight is 368 g/mol. The van der Waals surface area contributed by atoms with Crippen LogP contribution in [0, 0.1) is 35.5 Å². The van der Waals surface area contributed by atoms with E-state index in [9.17, 15) is 22.8 Å². The van der Waals surface area contributed by atoms with Crippen LogP contribution in [0.1, 0.15) is 12.0 Å². The van der Waals surface area contributed by atoms with Gasteiger partial charge in [-0.15, -0.1) is 0 Å². The number of carbonyl (C=O) groups excluding carboxylic acids is 2. The summed E-state index contributed by atoms with van der Waals surface area (Å²) in [7, 11) is 0. The third-order valence-electron chi connectivity index (χ3n) is 6.18. The van der Waals surface area contributed by atoms with Crippen molar-refractivity contribution in [3.8, 4) is 0 Å². The standard InChI is InChI=1S/C18H13ClF3NO2/c19-12-4-1-7(18(20,21)22)5-13(12)23-16(24)14-8-2-3-9(11-6-10(8)11)15(14)17(23)25/h1-5,8-11,14-15H,6H2/t8-,9-,10-,11+,14+,15-/m1/s1. The van der Waals surface area contributed by atoms with Crippen molar-refractivity contribution < 1.29 is 22.8 Å². The van der Waals surface area contributed by atoms with E-state index in [4.69, 9.17) is 11.6 Å². The second-order valence-corrected chi connectivity index (χ2v) is 7.74. The van der Waals surface area contributed by atoms with Crippen LogP contribution in [0.4, 0.5) is 18.9 Å². The molecule has 5 aliphatic rings. The Labute approximate surface area is 146 Å². The summed E-state index contributed by atoms with van der Waals surface area (Å²) in [4.78, 5) is 26.8. The number of alkyl halides is 3.